The zero-order chi connectivity index (χ0) is 15.0. The minimum Gasteiger partial charge on any atom is -0.463 e. The molecule has 9 heteroatoms. The topological polar surface area (TPSA) is 120 Å². The monoisotopic (exact) mass is 294 g/mol. The molecule has 0 bridgehead atoms. The van der Waals surface area contributed by atoms with E-state index in [1.807, 2.05) is 0 Å². The number of rotatable bonds is 3. The molecule has 2 aromatic rings. The van der Waals surface area contributed by atoms with Crippen LogP contribution in [0.2, 0.25) is 0 Å². The van der Waals surface area contributed by atoms with Crippen LogP contribution < -0.4 is 0 Å². The van der Waals surface area contributed by atoms with Gasteiger partial charge in [-0.15, -0.1) is 0 Å². The minimum absolute atomic E-state index is 0.133. The highest BCUT2D eigenvalue weighted by Gasteiger charge is 2.44. The van der Waals surface area contributed by atoms with Crippen molar-refractivity contribution in [1.82, 2.24) is 19.5 Å². The van der Waals surface area contributed by atoms with Crippen molar-refractivity contribution in [1.29, 1.82) is 0 Å². The molecule has 21 heavy (non-hydrogen) atoms. The molecule has 1 aliphatic heterocycles. The molecule has 4 atom stereocenters. The van der Waals surface area contributed by atoms with E-state index in [0.717, 1.165) is 0 Å². The van der Waals surface area contributed by atoms with E-state index >= 15 is 0 Å². The molecule has 3 rings (SSSR count). The molecule has 0 amide bonds. The van der Waals surface area contributed by atoms with Gasteiger partial charge in [-0.1, -0.05) is 0 Å². The molecule has 0 unspecified atom stereocenters. The van der Waals surface area contributed by atoms with Gasteiger partial charge in [0.05, 0.1) is 12.5 Å². The van der Waals surface area contributed by atoms with Crippen LogP contribution >= 0.6 is 0 Å². The van der Waals surface area contributed by atoms with E-state index in [-0.39, 0.29) is 6.61 Å². The first kappa shape index (κ1) is 13.9. The summed E-state index contributed by atoms with van der Waals surface area (Å²) in [5.74, 6) is -0.482. The first-order chi connectivity index (χ1) is 10.1. The minimum atomic E-state index is -1.18. The lowest BCUT2D eigenvalue weighted by molar-refractivity contribution is -0.147. The number of ether oxygens (including phenoxy) is 2. The van der Waals surface area contributed by atoms with Gasteiger partial charge >= 0.3 is 5.97 Å². The number of carbonyl (C=O) groups excluding carboxylic acids is 1. The van der Waals surface area contributed by atoms with Crippen LogP contribution in [-0.4, -0.2) is 60.6 Å². The summed E-state index contributed by atoms with van der Waals surface area (Å²) in [5, 5.41) is 20.1. The number of nitrogens with zero attached hydrogens (tertiary/aromatic N) is 4. The van der Waals surface area contributed by atoms with Crippen molar-refractivity contribution in [2.24, 2.45) is 0 Å². The smallest absolute Gasteiger partial charge is 0.302 e. The fraction of sp³-hybridized carbons (Fsp3) is 0.500. The summed E-state index contributed by atoms with van der Waals surface area (Å²) in [6.45, 7) is 1.13. The molecule has 112 valence electrons. The number of carbonyl (C=O) groups is 1. The number of aliphatic hydroxyl groups excluding tert-OH is 2. The lowest BCUT2D eigenvalue weighted by Gasteiger charge is -2.16. The average molecular weight is 294 g/mol. The van der Waals surface area contributed by atoms with Gasteiger partial charge in [-0.05, 0) is 0 Å². The summed E-state index contributed by atoms with van der Waals surface area (Å²) in [7, 11) is 0. The van der Waals surface area contributed by atoms with Crippen molar-refractivity contribution >= 4 is 17.1 Å². The SMILES string of the molecule is CC(=O)OC[C@H]1O[C@@H](n2cnc3cncnc32)[C@H](O)[C@H]1O. The van der Waals surface area contributed by atoms with E-state index in [9.17, 15) is 15.0 Å². The summed E-state index contributed by atoms with van der Waals surface area (Å²) >= 11 is 0. The second kappa shape index (κ2) is 5.35. The molecule has 2 aromatic heterocycles. The van der Waals surface area contributed by atoms with Crippen molar-refractivity contribution in [3.05, 3.63) is 18.9 Å². The summed E-state index contributed by atoms with van der Waals surface area (Å²) in [4.78, 5) is 22.9. The Balaban J connectivity index is 1.84. The van der Waals surface area contributed by atoms with Gasteiger partial charge in [-0.2, -0.15) is 0 Å². The van der Waals surface area contributed by atoms with Crippen molar-refractivity contribution in [3.63, 3.8) is 0 Å². The maximum atomic E-state index is 10.8. The fourth-order valence-corrected chi connectivity index (χ4v) is 2.27. The number of hydrogen-bond acceptors (Lipinski definition) is 8. The van der Waals surface area contributed by atoms with Crippen molar-refractivity contribution in [2.45, 2.75) is 31.5 Å². The summed E-state index contributed by atoms with van der Waals surface area (Å²) in [6.07, 6.45) is 0.315. The molecule has 1 aliphatic rings. The van der Waals surface area contributed by atoms with Crippen molar-refractivity contribution in [3.8, 4) is 0 Å². The highest BCUT2D eigenvalue weighted by atomic mass is 16.6. The largest absolute Gasteiger partial charge is 0.463 e. The Morgan fingerprint density at radius 2 is 2.24 bits per heavy atom. The Morgan fingerprint density at radius 1 is 1.43 bits per heavy atom. The Kier molecular flexibility index (Phi) is 3.53. The molecule has 0 aromatic carbocycles. The van der Waals surface area contributed by atoms with Crippen LogP contribution in [0, 0.1) is 0 Å². The predicted octanol–water partition coefficient (Wildman–Crippen LogP) is -0.991. The second-order valence-electron chi connectivity index (χ2n) is 4.73. The summed E-state index contributed by atoms with van der Waals surface area (Å²) < 4.78 is 11.9. The molecule has 9 nitrogen and oxygen atoms in total. The predicted molar refractivity (Wildman–Crippen MR) is 67.9 cm³/mol. The molecule has 2 N–H and O–H groups in total. The second-order valence-corrected chi connectivity index (χ2v) is 4.73. The van der Waals surface area contributed by atoms with Crippen LogP contribution in [0.5, 0.6) is 0 Å². The van der Waals surface area contributed by atoms with E-state index in [2.05, 4.69) is 15.0 Å². The van der Waals surface area contributed by atoms with E-state index in [0.29, 0.717) is 11.2 Å². The van der Waals surface area contributed by atoms with Gasteiger partial charge in [0.25, 0.3) is 0 Å². The number of aliphatic hydroxyl groups is 2. The van der Waals surface area contributed by atoms with Gasteiger partial charge < -0.3 is 19.7 Å². The Morgan fingerprint density at radius 3 is 3.00 bits per heavy atom. The molecule has 0 aliphatic carbocycles. The fourth-order valence-electron chi connectivity index (χ4n) is 2.27. The molecule has 0 saturated carbocycles. The lowest BCUT2D eigenvalue weighted by atomic mass is 10.1. The van der Waals surface area contributed by atoms with Crippen LogP contribution in [-0.2, 0) is 14.3 Å². The Labute approximate surface area is 119 Å². The maximum Gasteiger partial charge on any atom is 0.302 e. The van der Waals surface area contributed by atoms with E-state index in [4.69, 9.17) is 9.47 Å². The highest BCUT2D eigenvalue weighted by molar-refractivity contribution is 5.69. The maximum absolute atomic E-state index is 10.8. The van der Waals surface area contributed by atoms with Gasteiger partial charge in [0.15, 0.2) is 11.9 Å². The number of imidazole rings is 1. The van der Waals surface area contributed by atoms with Crippen LogP contribution in [0.15, 0.2) is 18.9 Å². The Bertz CT molecular complexity index is 660. The van der Waals surface area contributed by atoms with E-state index in [1.165, 1.54) is 30.3 Å². The summed E-state index contributed by atoms with van der Waals surface area (Å²) in [5.41, 5.74) is 1.03. The molecule has 0 radical (unpaired) electrons. The van der Waals surface area contributed by atoms with Crippen LogP contribution in [0.3, 0.4) is 0 Å². The Hall–Kier alpha value is -2.10. The van der Waals surface area contributed by atoms with Crippen molar-refractivity contribution < 1.29 is 24.5 Å². The summed E-state index contributed by atoms with van der Waals surface area (Å²) in [6, 6.07) is 0. The van der Waals surface area contributed by atoms with Gasteiger partial charge in [0.2, 0.25) is 0 Å². The third kappa shape index (κ3) is 2.46. The third-order valence-corrected chi connectivity index (χ3v) is 3.30. The third-order valence-electron chi connectivity index (χ3n) is 3.30. The number of aromatic nitrogens is 4. The first-order valence-corrected chi connectivity index (χ1v) is 6.35. The molecular formula is C12H14N4O5. The van der Waals surface area contributed by atoms with Crippen LogP contribution in [0.1, 0.15) is 13.2 Å². The molecular weight excluding hydrogens is 280 g/mol. The lowest BCUT2D eigenvalue weighted by Crippen LogP contribution is -2.34. The molecule has 3 heterocycles. The molecule has 1 saturated heterocycles. The van der Waals surface area contributed by atoms with Crippen LogP contribution in [0.25, 0.3) is 11.2 Å². The van der Waals surface area contributed by atoms with Crippen molar-refractivity contribution in [2.75, 3.05) is 6.61 Å². The van der Waals surface area contributed by atoms with E-state index < -0.39 is 30.5 Å². The molecule has 0 spiro atoms. The number of esters is 1. The zero-order valence-corrected chi connectivity index (χ0v) is 11.2. The van der Waals surface area contributed by atoms with Crippen LogP contribution in [0.4, 0.5) is 0 Å². The molecule has 1 fully saturated rings. The van der Waals surface area contributed by atoms with Gasteiger partial charge in [0.1, 0.15) is 36.8 Å². The van der Waals surface area contributed by atoms with Gasteiger partial charge in [-0.3, -0.25) is 9.36 Å². The van der Waals surface area contributed by atoms with E-state index in [1.54, 1.807) is 0 Å². The normalized spacial score (nSPS) is 28.9. The first-order valence-electron chi connectivity index (χ1n) is 6.35. The highest BCUT2D eigenvalue weighted by Crippen LogP contribution is 2.31. The standard InChI is InChI=1S/C12H14N4O5/c1-6(17)20-3-8-9(18)10(19)12(21-8)16-5-15-7-2-13-4-14-11(7)16/h2,4-5,8-10,12,18-19H,3H2,1H3/t8-,9+,10-,12-/m1/s1. The quantitative estimate of drug-likeness (QED) is 0.692. The number of hydrogen-bond donors (Lipinski definition) is 2. The zero-order valence-electron chi connectivity index (χ0n) is 11.2. The number of fused-ring (bicyclic) bond motifs is 1. The van der Waals surface area contributed by atoms with Gasteiger partial charge in [0, 0.05) is 6.92 Å². The average Bonchev–Trinajstić information content (AvgIpc) is 3.00. The van der Waals surface area contributed by atoms with Gasteiger partial charge in [-0.25, -0.2) is 15.0 Å².